The monoisotopic (exact) mass is 488 g/mol. The van der Waals surface area contributed by atoms with E-state index >= 15 is 0 Å². The lowest BCUT2D eigenvalue weighted by Crippen LogP contribution is -2.31. The molecule has 1 fully saturated rings. The van der Waals surface area contributed by atoms with Crippen LogP contribution in [0.3, 0.4) is 0 Å². The zero-order chi connectivity index (χ0) is 24.4. The maximum atomic E-state index is 12.2. The summed E-state index contributed by atoms with van der Waals surface area (Å²) in [6.45, 7) is 2.36. The summed E-state index contributed by atoms with van der Waals surface area (Å²) < 4.78 is 37.1. The van der Waals surface area contributed by atoms with Crippen LogP contribution in [0.1, 0.15) is 23.3 Å². The van der Waals surface area contributed by atoms with Gasteiger partial charge in [-0.1, -0.05) is 12.1 Å². The Labute approximate surface area is 191 Å². The second kappa shape index (κ2) is 12.2. The summed E-state index contributed by atoms with van der Waals surface area (Å²) in [6.07, 6.45) is -3.52. The molecular formula is C20H23F3N4O5S. The number of nitrogens with one attached hydrogen (secondary N) is 3. The number of halogens is 3. The molecule has 9 nitrogen and oxygen atoms in total. The third kappa shape index (κ3) is 8.35. The van der Waals surface area contributed by atoms with Crippen LogP contribution < -0.4 is 16.0 Å². The summed E-state index contributed by atoms with van der Waals surface area (Å²) in [6, 6.07) is 7.35. The number of thiazole rings is 1. The van der Waals surface area contributed by atoms with Crippen LogP contribution in [-0.2, 0) is 9.53 Å². The smallest absolute Gasteiger partial charge is 0.475 e. The van der Waals surface area contributed by atoms with E-state index in [1.165, 1.54) is 11.3 Å². The molecule has 1 aromatic heterocycles. The van der Waals surface area contributed by atoms with E-state index in [2.05, 4.69) is 20.9 Å². The van der Waals surface area contributed by atoms with Gasteiger partial charge in [0.1, 0.15) is 10.7 Å². The van der Waals surface area contributed by atoms with Crippen LogP contribution in [0.2, 0.25) is 0 Å². The van der Waals surface area contributed by atoms with E-state index in [-0.39, 0.29) is 5.91 Å². The van der Waals surface area contributed by atoms with Gasteiger partial charge in [-0.05, 0) is 44.0 Å². The fourth-order valence-electron chi connectivity index (χ4n) is 2.80. The van der Waals surface area contributed by atoms with E-state index in [1.807, 2.05) is 18.2 Å². The highest BCUT2D eigenvalue weighted by atomic mass is 32.1. The average molecular weight is 488 g/mol. The lowest BCUT2D eigenvalue weighted by atomic mass is 9.99. The van der Waals surface area contributed by atoms with Crippen LogP contribution in [0, 0.1) is 5.92 Å². The Balaban J connectivity index is 0.000000479. The number of piperidine rings is 1. The molecule has 2 aromatic rings. The van der Waals surface area contributed by atoms with Crippen LogP contribution in [0.5, 0.6) is 0 Å². The van der Waals surface area contributed by atoms with Crippen molar-refractivity contribution in [2.75, 3.05) is 32.1 Å². The highest BCUT2D eigenvalue weighted by Gasteiger charge is 2.38. The molecule has 1 saturated heterocycles. The standard InChI is InChI=1S/C18H22N4O3S.C2HF3O2/c1-19-16(23)15-11-26-17(21-15)13-4-2-3-5-14(13)22-18(24)25-10-12-6-8-20-9-7-12;3-2(4,5)1(6)7/h2-5,11-12,20H,6-10H2,1H3,(H,19,23)(H,22,24);(H,6,7). The number of hydrogen-bond acceptors (Lipinski definition) is 7. The molecule has 2 amide bonds. The Morgan fingerprint density at radius 2 is 1.88 bits per heavy atom. The number of carbonyl (C=O) groups is 3. The highest BCUT2D eigenvalue weighted by molar-refractivity contribution is 7.13. The molecule has 0 atom stereocenters. The van der Waals surface area contributed by atoms with Gasteiger partial charge in [0.2, 0.25) is 0 Å². The third-order valence-corrected chi connectivity index (χ3v) is 5.39. The second-order valence-electron chi connectivity index (χ2n) is 6.88. The van der Waals surface area contributed by atoms with Crippen LogP contribution in [-0.4, -0.2) is 61.0 Å². The fraction of sp³-hybridized carbons (Fsp3) is 0.400. The Morgan fingerprint density at radius 3 is 2.48 bits per heavy atom. The normalized spacial score (nSPS) is 13.9. The largest absolute Gasteiger partial charge is 0.490 e. The predicted octanol–water partition coefficient (Wildman–Crippen LogP) is 3.35. The van der Waals surface area contributed by atoms with Crippen molar-refractivity contribution >= 4 is 35.0 Å². The molecule has 0 bridgehead atoms. The van der Waals surface area contributed by atoms with Crippen LogP contribution in [0.15, 0.2) is 29.6 Å². The van der Waals surface area contributed by atoms with Crippen molar-refractivity contribution in [2.45, 2.75) is 19.0 Å². The van der Waals surface area contributed by atoms with Crippen molar-refractivity contribution in [2.24, 2.45) is 5.92 Å². The molecule has 180 valence electrons. The number of hydrogen-bond donors (Lipinski definition) is 4. The van der Waals surface area contributed by atoms with Crippen molar-refractivity contribution in [1.82, 2.24) is 15.6 Å². The number of para-hydroxylation sites is 1. The number of carboxylic acid groups (broad SMARTS) is 1. The molecule has 13 heteroatoms. The zero-order valence-electron chi connectivity index (χ0n) is 17.6. The summed E-state index contributed by atoms with van der Waals surface area (Å²) in [4.78, 5) is 37.1. The second-order valence-corrected chi connectivity index (χ2v) is 7.74. The molecule has 2 heterocycles. The molecule has 4 N–H and O–H groups in total. The first kappa shape index (κ1) is 26.1. The first-order chi connectivity index (χ1) is 15.6. The van der Waals surface area contributed by atoms with Crippen molar-refractivity contribution in [3.05, 3.63) is 35.3 Å². The summed E-state index contributed by atoms with van der Waals surface area (Å²) in [5.41, 5.74) is 1.72. The van der Waals surface area contributed by atoms with Crippen LogP contribution in [0.4, 0.5) is 23.7 Å². The number of nitrogens with zero attached hydrogens (tertiary/aromatic N) is 1. The molecule has 1 aliphatic rings. The van der Waals surface area contributed by atoms with Gasteiger partial charge >= 0.3 is 18.2 Å². The molecule has 3 rings (SSSR count). The zero-order valence-corrected chi connectivity index (χ0v) is 18.4. The minimum Gasteiger partial charge on any atom is -0.475 e. The lowest BCUT2D eigenvalue weighted by molar-refractivity contribution is -0.192. The Kier molecular flexibility index (Phi) is 9.60. The number of carboxylic acids is 1. The molecule has 0 spiro atoms. The number of aromatic nitrogens is 1. The SMILES string of the molecule is CNC(=O)c1csc(-c2ccccc2NC(=O)OCC2CCNCC2)n1.O=C(O)C(F)(F)F. The first-order valence-corrected chi connectivity index (χ1v) is 10.7. The lowest BCUT2D eigenvalue weighted by Gasteiger charge is -2.22. The number of aliphatic carboxylic acids is 1. The molecule has 1 aromatic carbocycles. The van der Waals surface area contributed by atoms with Crippen molar-refractivity contribution in [3.63, 3.8) is 0 Å². The van der Waals surface area contributed by atoms with Gasteiger partial charge < -0.3 is 20.5 Å². The topological polar surface area (TPSA) is 130 Å². The van der Waals surface area contributed by atoms with Crippen molar-refractivity contribution in [1.29, 1.82) is 0 Å². The third-order valence-electron chi connectivity index (χ3n) is 4.51. The van der Waals surface area contributed by atoms with Gasteiger partial charge in [-0.15, -0.1) is 11.3 Å². The number of anilines is 1. The maximum Gasteiger partial charge on any atom is 0.490 e. The van der Waals surface area contributed by atoms with Gasteiger partial charge in [-0.2, -0.15) is 13.2 Å². The molecule has 0 aliphatic carbocycles. The number of ether oxygens (including phenoxy) is 1. The Morgan fingerprint density at radius 1 is 1.24 bits per heavy atom. The number of alkyl halides is 3. The van der Waals surface area contributed by atoms with E-state index in [9.17, 15) is 22.8 Å². The van der Waals surface area contributed by atoms with Gasteiger partial charge in [0, 0.05) is 18.0 Å². The molecule has 1 aliphatic heterocycles. The fourth-order valence-corrected chi connectivity index (χ4v) is 3.64. The summed E-state index contributed by atoms with van der Waals surface area (Å²) in [5, 5.41) is 18.1. The van der Waals surface area contributed by atoms with Crippen LogP contribution >= 0.6 is 11.3 Å². The van der Waals surface area contributed by atoms with E-state index in [0.717, 1.165) is 31.5 Å². The number of amides is 2. The van der Waals surface area contributed by atoms with Gasteiger partial charge in [0.25, 0.3) is 5.91 Å². The van der Waals surface area contributed by atoms with Crippen LogP contribution in [0.25, 0.3) is 10.6 Å². The molecule has 0 unspecified atom stereocenters. The van der Waals surface area contributed by atoms with Gasteiger partial charge in [0.15, 0.2) is 0 Å². The van der Waals surface area contributed by atoms with E-state index in [1.54, 1.807) is 18.5 Å². The number of benzene rings is 1. The molecule has 0 radical (unpaired) electrons. The maximum absolute atomic E-state index is 12.2. The van der Waals surface area contributed by atoms with Crippen molar-refractivity contribution in [3.8, 4) is 10.6 Å². The minimum atomic E-state index is -5.08. The average Bonchev–Trinajstić information content (AvgIpc) is 3.28. The Bertz CT molecular complexity index is 961. The Hall–Kier alpha value is -3.19. The highest BCUT2D eigenvalue weighted by Crippen LogP contribution is 2.30. The van der Waals surface area contributed by atoms with E-state index < -0.39 is 18.2 Å². The summed E-state index contributed by atoms with van der Waals surface area (Å²) >= 11 is 1.35. The van der Waals surface area contributed by atoms with Gasteiger partial charge in [0.05, 0.1) is 12.3 Å². The molecule has 33 heavy (non-hydrogen) atoms. The number of carbonyl (C=O) groups excluding carboxylic acids is 2. The summed E-state index contributed by atoms with van der Waals surface area (Å²) in [5.74, 6) is -2.59. The van der Waals surface area contributed by atoms with Gasteiger partial charge in [-0.25, -0.2) is 14.6 Å². The summed E-state index contributed by atoms with van der Waals surface area (Å²) in [7, 11) is 1.56. The number of rotatable bonds is 5. The quantitative estimate of drug-likeness (QED) is 0.508. The predicted molar refractivity (Wildman–Crippen MR) is 115 cm³/mol. The first-order valence-electron chi connectivity index (χ1n) is 9.83. The molecular weight excluding hydrogens is 465 g/mol. The van der Waals surface area contributed by atoms with Crippen molar-refractivity contribution < 1.29 is 37.4 Å². The molecule has 0 saturated carbocycles. The van der Waals surface area contributed by atoms with E-state index in [0.29, 0.717) is 28.9 Å². The van der Waals surface area contributed by atoms with E-state index in [4.69, 9.17) is 14.6 Å². The minimum absolute atomic E-state index is 0.237. The van der Waals surface area contributed by atoms with Gasteiger partial charge in [-0.3, -0.25) is 10.1 Å².